The quantitative estimate of drug-likeness (QED) is 0.862. The number of alkyl halides is 2. The molecule has 0 saturated heterocycles. The third-order valence-corrected chi connectivity index (χ3v) is 3.65. The molecule has 1 aromatic carbocycles. The van der Waals surface area contributed by atoms with Crippen LogP contribution in [0.3, 0.4) is 0 Å². The number of fused-ring (bicyclic) bond motifs is 1. The minimum Gasteiger partial charge on any atom is -0.395 e. The highest BCUT2D eigenvalue weighted by atomic mass is 35.5. The lowest BCUT2D eigenvalue weighted by atomic mass is 9.96. The molecule has 0 spiro atoms. The Balaban J connectivity index is 1.85. The van der Waals surface area contributed by atoms with Crippen LogP contribution in [0.5, 0.6) is 11.5 Å². The summed E-state index contributed by atoms with van der Waals surface area (Å²) >= 11 is 6.10. The van der Waals surface area contributed by atoms with Crippen molar-refractivity contribution in [2.24, 2.45) is 5.41 Å². The van der Waals surface area contributed by atoms with Gasteiger partial charge in [-0.15, -0.1) is 8.78 Å². The van der Waals surface area contributed by atoms with Crippen LogP contribution >= 0.6 is 11.6 Å². The molecular formula is C16H14ClF2N3O3. The number of anilines is 1. The molecule has 0 atom stereocenters. The van der Waals surface area contributed by atoms with Crippen LogP contribution < -0.4 is 14.8 Å². The maximum Gasteiger partial charge on any atom is 0.586 e. The second kappa shape index (κ2) is 5.80. The summed E-state index contributed by atoms with van der Waals surface area (Å²) in [6.45, 7) is 5.31. The van der Waals surface area contributed by atoms with Gasteiger partial charge in [0.15, 0.2) is 17.3 Å². The maximum atomic E-state index is 13.1. The van der Waals surface area contributed by atoms with E-state index in [0.717, 1.165) is 0 Å². The topological polar surface area (TPSA) is 73.3 Å². The van der Waals surface area contributed by atoms with Crippen molar-refractivity contribution in [1.29, 1.82) is 0 Å². The number of nitrogens with zero attached hydrogens (tertiary/aromatic N) is 2. The Morgan fingerprint density at radius 2 is 1.80 bits per heavy atom. The van der Waals surface area contributed by atoms with Crippen LogP contribution in [0.1, 0.15) is 20.8 Å². The van der Waals surface area contributed by atoms with Crippen LogP contribution in [-0.2, 0) is 4.79 Å². The van der Waals surface area contributed by atoms with Crippen LogP contribution in [0.15, 0.2) is 24.5 Å². The first-order valence-corrected chi connectivity index (χ1v) is 7.66. The summed E-state index contributed by atoms with van der Waals surface area (Å²) in [7, 11) is 0. The molecule has 0 bridgehead atoms. The molecule has 6 nitrogen and oxygen atoms in total. The van der Waals surface area contributed by atoms with E-state index in [1.807, 2.05) is 0 Å². The molecule has 9 heteroatoms. The Morgan fingerprint density at radius 3 is 2.36 bits per heavy atom. The zero-order valence-corrected chi connectivity index (χ0v) is 14.3. The van der Waals surface area contributed by atoms with Crippen LogP contribution in [0.2, 0.25) is 5.02 Å². The van der Waals surface area contributed by atoms with Crippen molar-refractivity contribution in [3.63, 3.8) is 0 Å². The van der Waals surface area contributed by atoms with E-state index in [0.29, 0.717) is 11.3 Å². The molecule has 1 aromatic heterocycles. The predicted molar refractivity (Wildman–Crippen MR) is 86.8 cm³/mol. The fraction of sp³-hybridized carbons (Fsp3) is 0.312. The number of hydrogen-bond donors (Lipinski definition) is 1. The van der Waals surface area contributed by atoms with E-state index in [-0.39, 0.29) is 28.2 Å². The van der Waals surface area contributed by atoms with Gasteiger partial charge >= 0.3 is 6.29 Å². The van der Waals surface area contributed by atoms with Gasteiger partial charge in [0.25, 0.3) is 0 Å². The minimum atomic E-state index is -3.73. The summed E-state index contributed by atoms with van der Waals surface area (Å²) in [4.78, 5) is 20.2. The number of ether oxygens (including phenoxy) is 2. The lowest BCUT2D eigenvalue weighted by Crippen LogP contribution is -2.28. The molecule has 0 aliphatic carbocycles. The lowest BCUT2D eigenvalue weighted by Gasteiger charge is -2.17. The third kappa shape index (κ3) is 3.63. The van der Waals surface area contributed by atoms with E-state index in [4.69, 9.17) is 11.6 Å². The van der Waals surface area contributed by atoms with Gasteiger partial charge in [0.2, 0.25) is 5.91 Å². The highest BCUT2D eigenvalue weighted by Crippen LogP contribution is 2.45. The number of carbonyl (C=O) groups is 1. The van der Waals surface area contributed by atoms with Gasteiger partial charge in [-0.1, -0.05) is 32.4 Å². The number of halogens is 3. The summed E-state index contributed by atoms with van der Waals surface area (Å²) in [5.41, 5.74) is 0.106. The molecule has 0 unspecified atom stereocenters. The zero-order chi connectivity index (χ0) is 18.4. The minimum absolute atomic E-state index is 0.142. The van der Waals surface area contributed by atoms with E-state index in [1.165, 1.54) is 24.5 Å². The lowest BCUT2D eigenvalue weighted by molar-refractivity contribution is -0.286. The summed E-state index contributed by atoms with van der Waals surface area (Å²) < 4.78 is 35.0. The van der Waals surface area contributed by atoms with E-state index in [2.05, 4.69) is 24.8 Å². The van der Waals surface area contributed by atoms with Gasteiger partial charge < -0.3 is 14.8 Å². The highest BCUT2D eigenvalue weighted by Gasteiger charge is 2.43. The Hall–Kier alpha value is -2.48. The van der Waals surface area contributed by atoms with Crippen molar-refractivity contribution in [3.05, 3.63) is 29.5 Å². The largest absolute Gasteiger partial charge is 0.586 e. The molecule has 2 heterocycles. The molecule has 0 fully saturated rings. The molecule has 0 saturated carbocycles. The number of benzene rings is 1. The first-order valence-electron chi connectivity index (χ1n) is 7.28. The van der Waals surface area contributed by atoms with Gasteiger partial charge in [-0.05, 0) is 6.07 Å². The normalized spacial score (nSPS) is 15.1. The summed E-state index contributed by atoms with van der Waals surface area (Å²) in [5.74, 6) is -0.234. The molecule has 1 N–H and O–H groups in total. The van der Waals surface area contributed by atoms with Crippen LogP contribution in [0.25, 0.3) is 11.3 Å². The van der Waals surface area contributed by atoms with Gasteiger partial charge in [-0.3, -0.25) is 9.78 Å². The fourth-order valence-electron chi connectivity index (χ4n) is 2.00. The molecule has 3 rings (SSSR count). The van der Waals surface area contributed by atoms with Crippen LogP contribution in [-0.4, -0.2) is 22.2 Å². The van der Waals surface area contributed by atoms with E-state index in [1.54, 1.807) is 20.8 Å². The smallest absolute Gasteiger partial charge is 0.395 e. The Morgan fingerprint density at radius 1 is 1.16 bits per heavy atom. The van der Waals surface area contributed by atoms with Crippen molar-refractivity contribution >= 4 is 23.3 Å². The fourth-order valence-corrected chi connectivity index (χ4v) is 2.25. The Labute approximate surface area is 147 Å². The Kier molecular flexibility index (Phi) is 4.03. The average molecular weight is 370 g/mol. The Bertz CT molecular complexity index is 836. The second-order valence-electron chi connectivity index (χ2n) is 6.44. The van der Waals surface area contributed by atoms with Gasteiger partial charge in [-0.2, -0.15) is 0 Å². The van der Waals surface area contributed by atoms with E-state index < -0.39 is 11.7 Å². The molecular weight excluding hydrogens is 356 g/mol. The molecule has 25 heavy (non-hydrogen) atoms. The van der Waals surface area contributed by atoms with Crippen molar-refractivity contribution in [3.8, 4) is 22.8 Å². The van der Waals surface area contributed by atoms with E-state index >= 15 is 0 Å². The number of hydrogen-bond acceptors (Lipinski definition) is 5. The SMILES string of the molecule is CC(C)(C)C(=O)Nc1cnc(-c2cc3c(cc2Cl)OC(F)(F)O3)cn1. The maximum absolute atomic E-state index is 13.1. The summed E-state index contributed by atoms with van der Waals surface area (Å²) in [6, 6.07) is 2.53. The van der Waals surface area contributed by atoms with Gasteiger partial charge in [-0.25, -0.2) is 4.98 Å². The number of aromatic nitrogens is 2. The standard InChI is InChI=1S/C16H14ClF2N3O3/c1-15(2,3)14(23)22-13-7-20-10(6-21-13)8-4-11-12(5-9(8)17)25-16(18,19)24-11/h4-7H,1-3H3,(H,21,22,23). The van der Waals surface area contributed by atoms with Crippen molar-refractivity contribution in [2.75, 3.05) is 5.32 Å². The number of carbonyl (C=O) groups excluding carboxylic acids is 1. The second-order valence-corrected chi connectivity index (χ2v) is 6.84. The molecule has 1 aliphatic rings. The molecule has 1 aliphatic heterocycles. The van der Waals surface area contributed by atoms with Crippen molar-refractivity contribution in [2.45, 2.75) is 27.1 Å². The summed E-state index contributed by atoms with van der Waals surface area (Å²) in [6.07, 6.45) is -0.995. The van der Waals surface area contributed by atoms with Crippen LogP contribution in [0.4, 0.5) is 14.6 Å². The molecule has 2 aromatic rings. The van der Waals surface area contributed by atoms with E-state index in [9.17, 15) is 13.6 Å². The number of amides is 1. The predicted octanol–water partition coefficient (Wildman–Crippen LogP) is 4.10. The van der Waals surface area contributed by atoms with Crippen molar-refractivity contribution in [1.82, 2.24) is 9.97 Å². The first-order chi connectivity index (χ1) is 11.5. The van der Waals surface area contributed by atoms with Gasteiger partial charge in [0, 0.05) is 17.0 Å². The number of nitrogens with one attached hydrogen (secondary N) is 1. The van der Waals surface area contributed by atoms with Crippen LogP contribution in [0, 0.1) is 5.41 Å². The molecule has 1 amide bonds. The highest BCUT2D eigenvalue weighted by molar-refractivity contribution is 6.33. The van der Waals surface area contributed by atoms with Gasteiger partial charge in [0.05, 0.1) is 23.1 Å². The summed E-state index contributed by atoms with van der Waals surface area (Å²) in [5, 5.41) is 2.79. The molecule has 0 radical (unpaired) electrons. The third-order valence-electron chi connectivity index (χ3n) is 3.34. The van der Waals surface area contributed by atoms with Crippen molar-refractivity contribution < 1.29 is 23.0 Å². The first kappa shape index (κ1) is 17.3. The number of rotatable bonds is 2. The average Bonchev–Trinajstić information content (AvgIpc) is 2.79. The zero-order valence-electron chi connectivity index (χ0n) is 13.6. The van der Waals surface area contributed by atoms with Gasteiger partial charge in [0.1, 0.15) is 0 Å². The monoisotopic (exact) mass is 369 g/mol. The molecule has 132 valence electrons.